The highest BCUT2D eigenvalue weighted by Gasteiger charge is 2.37. The molecule has 152 valence electrons. The highest BCUT2D eigenvalue weighted by molar-refractivity contribution is 5.96. The summed E-state index contributed by atoms with van der Waals surface area (Å²) < 4.78 is 52.1. The zero-order valence-corrected chi connectivity index (χ0v) is 15.6. The first-order chi connectivity index (χ1) is 13.8. The lowest BCUT2D eigenvalue weighted by Gasteiger charge is -2.42. The molecule has 1 amide bonds. The number of amides is 1. The number of halogens is 3. The van der Waals surface area contributed by atoms with E-state index in [-0.39, 0.29) is 41.8 Å². The van der Waals surface area contributed by atoms with Gasteiger partial charge in [-0.2, -0.15) is 4.39 Å². The lowest BCUT2D eigenvalue weighted by atomic mass is 9.93. The third kappa shape index (κ3) is 3.66. The minimum atomic E-state index is -1.06. The van der Waals surface area contributed by atoms with Crippen molar-refractivity contribution < 1.29 is 32.2 Å². The normalized spacial score (nSPS) is 17.2. The van der Waals surface area contributed by atoms with Gasteiger partial charge in [-0.3, -0.25) is 9.59 Å². The van der Waals surface area contributed by atoms with Gasteiger partial charge in [0.05, 0.1) is 5.56 Å². The summed E-state index contributed by atoms with van der Waals surface area (Å²) >= 11 is 0. The third-order valence-electron chi connectivity index (χ3n) is 5.25. The van der Waals surface area contributed by atoms with Gasteiger partial charge in [0.2, 0.25) is 5.82 Å². The van der Waals surface area contributed by atoms with E-state index < -0.39 is 29.5 Å². The SMILES string of the molecule is CC(Oc1cccc(F)c1F)C1CN(C(=O)c2cc3c(cc2F)OCC(=O)C3)C1. The summed E-state index contributed by atoms with van der Waals surface area (Å²) in [6, 6.07) is 6.18. The predicted molar refractivity (Wildman–Crippen MR) is 96.4 cm³/mol. The van der Waals surface area contributed by atoms with Gasteiger partial charge in [-0.15, -0.1) is 0 Å². The van der Waals surface area contributed by atoms with Gasteiger partial charge >= 0.3 is 0 Å². The molecule has 0 N–H and O–H groups in total. The minimum absolute atomic E-state index is 0.0998. The van der Waals surface area contributed by atoms with E-state index in [0.29, 0.717) is 18.7 Å². The summed E-state index contributed by atoms with van der Waals surface area (Å²) in [6.45, 7) is 2.20. The standard InChI is InChI=1S/C21H18F3NO4/c1-11(29-18-4-2-3-16(22)20(18)24)13-8-25(9-13)21(27)15-6-12-5-14(26)10-28-19(12)7-17(15)23/h2-4,6-7,11,13H,5,8-10H2,1H3. The maximum absolute atomic E-state index is 14.4. The van der Waals surface area contributed by atoms with Gasteiger partial charge in [0.1, 0.15) is 24.3 Å². The van der Waals surface area contributed by atoms with Crippen LogP contribution in [0.15, 0.2) is 30.3 Å². The van der Waals surface area contributed by atoms with Gasteiger partial charge in [-0.05, 0) is 25.1 Å². The summed E-state index contributed by atoms with van der Waals surface area (Å²) in [6.07, 6.45) is -0.363. The molecule has 2 heterocycles. The minimum Gasteiger partial charge on any atom is -0.487 e. The fourth-order valence-corrected chi connectivity index (χ4v) is 3.48. The Balaban J connectivity index is 1.41. The second-order valence-electron chi connectivity index (χ2n) is 7.29. The van der Waals surface area contributed by atoms with Crippen LogP contribution in [0.3, 0.4) is 0 Å². The van der Waals surface area contributed by atoms with Gasteiger partial charge < -0.3 is 14.4 Å². The van der Waals surface area contributed by atoms with Crippen LogP contribution in [0, 0.1) is 23.4 Å². The molecule has 29 heavy (non-hydrogen) atoms. The Hall–Kier alpha value is -3.03. The van der Waals surface area contributed by atoms with Crippen molar-refractivity contribution in [2.45, 2.75) is 19.4 Å². The van der Waals surface area contributed by atoms with E-state index in [9.17, 15) is 22.8 Å². The highest BCUT2D eigenvalue weighted by atomic mass is 19.2. The molecule has 0 aliphatic carbocycles. The molecule has 0 saturated carbocycles. The van der Waals surface area contributed by atoms with Crippen molar-refractivity contribution in [3.63, 3.8) is 0 Å². The molecule has 0 spiro atoms. The van der Waals surface area contributed by atoms with Gasteiger partial charge in [0.15, 0.2) is 17.3 Å². The van der Waals surface area contributed by atoms with Crippen molar-refractivity contribution in [1.29, 1.82) is 0 Å². The number of hydrogen-bond acceptors (Lipinski definition) is 4. The van der Waals surface area contributed by atoms with Crippen molar-refractivity contribution in [3.05, 3.63) is 58.9 Å². The van der Waals surface area contributed by atoms with Gasteiger partial charge in [0, 0.05) is 37.1 Å². The Morgan fingerprint density at radius 1 is 1.21 bits per heavy atom. The Morgan fingerprint density at radius 2 is 1.97 bits per heavy atom. The molecule has 5 nitrogen and oxygen atoms in total. The quantitative estimate of drug-likeness (QED) is 0.784. The zero-order chi connectivity index (χ0) is 20.7. The Morgan fingerprint density at radius 3 is 2.72 bits per heavy atom. The molecule has 1 unspecified atom stereocenters. The van der Waals surface area contributed by atoms with E-state index in [1.807, 2.05) is 0 Å². The summed E-state index contributed by atoms with van der Waals surface area (Å²) in [5, 5.41) is 0. The van der Waals surface area contributed by atoms with E-state index in [1.165, 1.54) is 23.1 Å². The van der Waals surface area contributed by atoms with Crippen molar-refractivity contribution in [2.24, 2.45) is 5.92 Å². The number of rotatable bonds is 4. The molecule has 2 aliphatic rings. The molecule has 2 aromatic rings. The number of Topliss-reactive ketones (excluding diaryl/α,β-unsaturated/α-hetero) is 1. The number of likely N-dealkylation sites (tertiary alicyclic amines) is 1. The van der Waals surface area contributed by atoms with Crippen molar-refractivity contribution in [2.75, 3.05) is 19.7 Å². The molecule has 0 radical (unpaired) electrons. The van der Waals surface area contributed by atoms with Crippen LogP contribution >= 0.6 is 0 Å². The largest absolute Gasteiger partial charge is 0.487 e. The number of carbonyl (C=O) groups is 2. The monoisotopic (exact) mass is 405 g/mol. The van der Waals surface area contributed by atoms with Gasteiger partial charge in [-0.1, -0.05) is 6.07 Å². The lowest BCUT2D eigenvalue weighted by molar-refractivity contribution is -0.121. The molecule has 2 aromatic carbocycles. The maximum Gasteiger partial charge on any atom is 0.256 e. The smallest absolute Gasteiger partial charge is 0.256 e. The van der Waals surface area contributed by atoms with Gasteiger partial charge in [0.25, 0.3) is 5.91 Å². The molecule has 1 saturated heterocycles. The van der Waals surface area contributed by atoms with Gasteiger partial charge in [-0.25, -0.2) is 8.78 Å². The number of nitrogens with zero attached hydrogens (tertiary/aromatic N) is 1. The van der Waals surface area contributed by atoms with E-state index >= 15 is 0 Å². The van der Waals surface area contributed by atoms with E-state index in [0.717, 1.165) is 12.1 Å². The number of ether oxygens (including phenoxy) is 2. The van der Waals surface area contributed by atoms with Crippen LogP contribution in [0.2, 0.25) is 0 Å². The average molecular weight is 405 g/mol. The highest BCUT2D eigenvalue weighted by Crippen LogP contribution is 2.31. The summed E-state index contributed by atoms with van der Waals surface area (Å²) in [4.78, 5) is 25.6. The molecular weight excluding hydrogens is 387 g/mol. The van der Waals surface area contributed by atoms with Crippen LogP contribution in [0.4, 0.5) is 13.2 Å². The van der Waals surface area contributed by atoms with Crippen LogP contribution in [0.5, 0.6) is 11.5 Å². The molecule has 1 fully saturated rings. The first kappa shape index (κ1) is 19.3. The molecule has 0 aromatic heterocycles. The molecule has 0 bridgehead atoms. The lowest BCUT2D eigenvalue weighted by Crippen LogP contribution is -2.55. The molecule has 1 atom stereocenters. The number of fused-ring (bicyclic) bond motifs is 1. The Labute approximate surface area is 165 Å². The van der Waals surface area contributed by atoms with Crippen LogP contribution < -0.4 is 9.47 Å². The number of benzene rings is 2. The van der Waals surface area contributed by atoms with Crippen LogP contribution in [-0.2, 0) is 11.2 Å². The number of hydrogen-bond donors (Lipinski definition) is 0. The fourth-order valence-electron chi connectivity index (χ4n) is 3.48. The number of ketones is 1. The molecule has 8 heteroatoms. The summed E-state index contributed by atoms with van der Waals surface area (Å²) in [5.74, 6) is -3.41. The van der Waals surface area contributed by atoms with Crippen LogP contribution in [0.1, 0.15) is 22.8 Å². The summed E-state index contributed by atoms with van der Waals surface area (Å²) in [5.41, 5.74) is 0.367. The predicted octanol–water partition coefficient (Wildman–Crippen LogP) is 3.15. The van der Waals surface area contributed by atoms with E-state index in [1.54, 1.807) is 6.92 Å². The summed E-state index contributed by atoms with van der Waals surface area (Å²) in [7, 11) is 0. The maximum atomic E-state index is 14.4. The molecule has 2 aliphatic heterocycles. The number of carbonyl (C=O) groups excluding carboxylic acids is 2. The van der Waals surface area contributed by atoms with Crippen molar-refractivity contribution in [3.8, 4) is 11.5 Å². The fraction of sp³-hybridized carbons (Fsp3) is 0.333. The zero-order valence-electron chi connectivity index (χ0n) is 15.6. The first-order valence-electron chi connectivity index (χ1n) is 9.20. The van der Waals surface area contributed by atoms with Crippen LogP contribution in [-0.4, -0.2) is 42.4 Å². The van der Waals surface area contributed by atoms with E-state index in [2.05, 4.69) is 0 Å². The molecule has 4 rings (SSSR count). The van der Waals surface area contributed by atoms with E-state index in [4.69, 9.17) is 9.47 Å². The third-order valence-corrected chi connectivity index (χ3v) is 5.25. The van der Waals surface area contributed by atoms with Crippen molar-refractivity contribution >= 4 is 11.7 Å². The topological polar surface area (TPSA) is 55.8 Å². The van der Waals surface area contributed by atoms with Crippen LogP contribution in [0.25, 0.3) is 0 Å². The van der Waals surface area contributed by atoms with Crippen molar-refractivity contribution in [1.82, 2.24) is 4.90 Å². The Bertz CT molecular complexity index is 988. The first-order valence-corrected chi connectivity index (χ1v) is 9.20. The second kappa shape index (κ2) is 7.42. The molecular formula is C21H18F3NO4. The Kier molecular flexibility index (Phi) is 4.94. The average Bonchev–Trinajstić information content (AvgIpc) is 2.64. The second-order valence-corrected chi connectivity index (χ2v) is 7.29.